The van der Waals surface area contributed by atoms with Gasteiger partial charge in [0, 0.05) is 19.5 Å². The van der Waals surface area contributed by atoms with Gasteiger partial charge in [-0.1, -0.05) is 12.1 Å². The zero-order chi connectivity index (χ0) is 15.9. The number of aliphatic carboxylic acids is 1. The number of urea groups is 1. The summed E-state index contributed by atoms with van der Waals surface area (Å²) in [4.78, 5) is 48.9. The maximum absolute atomic E-state index is 12.4. The number of carbonyl (C=O) groups excluding carboxylic acids is 3. The van der Waals surface area contributed by atoms with Crippen molar-refractivity contribution in [2.45, 2.75) is 13.0 Å². The monoisotopic (exact) mass is 303 g/mol. The van der Waals surface area contributed by atoms with E-state index in [1.54, 1.807) is 18.2 Å². The molecule has 2 aliphatic heterocycles. The summed E-state index contributed by atoms with van der Waals surface area (Å²) in [5, 5.41) is 11.1. The van der Waals surface area contributed by atoms with E-state index in [0.29, 0.717) is 16.8 Å². The number of anilines is 1. The number of fused-ring (bicyclic) bond motifs is 1. The summed E-state index contributed by atoms with van der Waals surface area (Å²) in [5.74, 6) is -1.87. The summed E-state index contributed by atoms with van der Waals surface area (Å²) < 4.78 is 0. The first kappa shape index (κ1) is 14.1. The van der Waals surface area contributed by atoms with Crippen LogP contribution in [-0.4, -0.2) is 46.9 Å². The minimum Gasteiger partial charge on any atom is -0.480 e. The Morgan fingerprint density at radius 2 is 2.05 bits per heavy atom. The van der Waals surface area contributed by atoms with E-state index < -0.39 is 24.5 Å². The largest absolute Gasteiger partial charge is 0.480 e. The van der Waals surface area contributed by atoms with Crippen molar-refractivity contribution in [2.75, 3.05) is 18.0 Å². The van der Waals surface area contributed by atoms with Crippen LogP contribution in [0.1, 0.15) is 22.3 Å². The van der Waals surface area contributed by atoms with E-state index in [1.165, 1.54) is 9.80 Å². The molecule has 2 aliphatic rings. The third-order valence-corrected chi connectivity index (χ3v) is 3.66. The molecule has 1 saturated heterocycles. The van der Waals surface area contributed by atoms with E-state index >= 15 is 0 Å². The van der Waals surface area contributed by atoms with Crippen molar-refractivity contribution in [2.24, 2.45) is 0 Å². The molecule has 114 valence electrons. The minimum atomic E-state index is -1.09. The molecule has 2 N–H and O–H groups in total. The molecule has 22 heavy (non-hydrogen) atoms. The van der Waals surface area contributed by atoms with E-state index in [2.05, 4.69) is 5.32 Å². The van der Waals surface area contributed by atoms with Crippen molar-refractivity contribution < 1.29 is 24.3 Å². The van der Waals surface area contributed by atoms with Crippen molar-refractivity contribution in [3.63, 3.8) is 0 Å². The molecule has 8 heteroatoms. The highest BCUT2D eigenvalue weighted by atomic mass is 16.4. The number of carbonyl (C=O) groups is 4. The highest BCUT2D eigenvalue weighted by molar-refractivity contribution is 6.11. The molecule has 0 atom stereocenters. The van der Waals surface area contributed by atoms with Crippen molar-refractivity contribution in [3.05, 3.63) is 29.3 Å². The van der Waals surface area contributed by atoms with Gasteiger partial charge in [0.2, 0.25) is 5.91 Å². The lowest BCUT2D eigenvalue weighted by atomic mass is 10.1. The maximum atomic E-state index is 12.4. The number of nitrogens with zero attached hydrogens (tertiary/aromatic N) is 2. The van der Waals surface area contributed by atoms with Gasteiger partial charge in [-0.15, -0.1) is 0 Å². The van der Waals surface area contributed by atoms with Gasteiger partial charge in [-0.3, -0.25) is 24.6 Å². The summed E-state index contributed by atoms with van der Waals surface area (Å²) in [5.41, 5.74) is 1.40. The molecule has 4 amide bonds. The van der Waals surface area contributed by atoms with Gasteiger partial charge in [-0.25, -0.2) is 4.79 Å². The van der Waals surface area contributed by atoms with Crippen LogP contribution in [0.25, 0.3) is 0 Å². The number of imide groups is 1. The third kappa shape index (κ3) is 2.28. The Bertz CT molecular complexity index is 700. The van der Waals surface area contributed by atoms with Gasteiger partial charge in [0.15, 0.2) is 0 Å². The minimum absolute atomic E-state index is 0.155. The summed E-state index contributed by atoms with van der Waals surface area (Å²) >= 11 is 0. The maximum Gasteiger partial charge on any atom is 0.328 e. The van der Waals surface area contributed by atoms with Crippen LogP contribution < -0.4 is 10.2 Å². The quantitative estimate of drug-likeness (QED) is 0.828. The molecule has 2 heterocycles. The Morgan fingerprint density at radius 3 is 2.73 bits per heavy atom. The molecule has 0 bridgehead atoms. The number of rotatable bonds is 3. The number of benzene rings is 1. The number of carboxylic acids is 1. The Labute approximate surface area is 125 Å². The first-order chi connectivity index (χ1) is 10.5. The second kappa shape index (κ2) is 5.14. The predicted octanol–water partition coefficient (Wildman–Crippen LogP) is 0.173. The SMILES string of the molecule is O=C(O)CN1Cc2cccc(N3CCC(=O)NC3=O)c2C1=O. The summed E-state index contributed by atoms with van der Waals surface area (Å²) in [6.45, 7) is -0.00629. The van der Waals surface area contributed by atoms with Gasteiger partial charge >= 0.3 is 12.0 Å². The summed E-state index contributed by atoms with van der Waals surface area (Å²) in [6.07, 6.45) is 0.155. The van der Waals surface area contributed by atoms with Crippen LogP contribution in [0.5, 0.6) is 0 Å². The lowest BCUT2D eigenvalue weighted by Crippen LogP contribution is -2.50. The van der Waals surface area contributed by atoms with Gasteiger partial charge in [0.25, 0.3) is 5.91 Å². The molecule has 1 fully saturated rings. The molecule has 0 aliphatic carbocycles. The van der Waals surface area contributed by atoms with E-state index in [-0.39, 0.29) is 25.4 Å². The van der Waals surface area contributed by atoms with Crippen LogP contribution in [0.15, 0.2) is 18.2 Å². The van der Waals surface area contributed by atoms with E-state index in [0.717, 1.165) is 0 Å². The molecule has 0 aromatic heterocycles. The first-order valence-electron chi connectivity index (χ1n) is 6.71. The topological polar surface area (TPSA) is 107 Å². The third-order valence-electron chi connectivity index (χ3n) is 3.66. The molecule has 3 rings (SSSR count). The van der Waals surface area contributed by atoms with Gasteiger partial charge in [-0.2, -0.15) is 0 Å². The normalized spacial score (nSPS) is 17.5. The van der Waals surface area contributed by atoms with Crippen LogP contribution in [0.2, 0.25) is 0 Å². The fourth-order valence-electron chi connectivity index (χ4n) is 2.71. The van der Waals surface area contributed by atoms with Gasteiger partial charge in [0.1, 0.15) is 6.54 Å². The molecule has 0 unspecified atom stereocenters. The molecule has 8 nitrogen and oxygen atoms in total. The molecule has 0 spiro atoms. The van der Waals surface area contributed by atoms with Crippen LogP contribution in [-0.2, 0) is 16.1 Å². The number of amides is 4. The molecular formula is C14H13N3O5. The van der Waals surface area contributed by atoms with E-state index in [4.69, 9.17) is 5.11 Å². The second-order valence-corrected chi connectivity index (χ2v) is 5.12. The lowest BCUT2D eigenvalue weighted by Gasteiger charge is -2.27. The van der Waals surface area contributed by atoms with Gasteiger partial charge < -0.3 is 10.0 Å². The first-order valence-corrected chi connectivity index (χ1v) is 6.71. The number of hydrogen-bond acceptors (Lipinski definition) is 4. The molecule has 1 aromatic rings. The number of nitrogens with one attached hydrogen (secondary N) is 1. The lowest BCUT2D eigenvalue weighted by molar-refractivity contribution is -0.137. The summed E-state index contributed by atoms with van der Waals surface area (Å²) in [6, 6.07) is 4.48. The average molecular weight is 303 g/mol. The van der Waals surface area contributed by atoms with Crippen LogP contribution in [0.4, 0.5) is 10.5 Å². The standard InChI is InChI=1S/C14H13N3O5/c18-10-4-5-17(14(22)15-10)9-3-1-2-8-6-16(7-11(19)20)13(21)12(8)9/h1-3H,4-7H2,(H,19,20)(H,15,18,22). The van der Waals surface area contributed by atoms with Crippen LogP contribution >= 0.6 is 0 Å². The van der Waals surface area contributed by atoms with Crippen molar-refractivity contribution in [1.29, 1.82) is 0 Å². The molecule has 1 aromatic carbocycles. The van der Waals surface area contributed by atoms with Crippen LogP contribution in [0, 0.1) is 0 Å². The fraction of sp³-hybridized carbons (Fsp3) is 0.286. The number of hydrogen-bond donors (Lipinski definition) is 2. The smallest absolute Gasteiger partial charge is 0.328 e. The zero-order valence-corrected chi connectivity index (χ0v) is 11.5. The molecule has 0 radical (unpaired) electrons. The van der Waals surface area contributed by atoms with E-state index in [9.17, 15) is 19.2 Å². The Hall–Kier alpha value is -2.90. The van der Waals surface area contributed by atoms with Crippen molar-refractivity contribution in [1.82, 2.24) is 10.2 Å². The molecular weight excluding hydrogens is 290 g/mol. The predicted molar refractivity (Wildman–Crippen MR) is 74.3 cm³/mol. The van der Waals surface area contributed by atoms with Crippen molar-refractivity contribution in [3.8, 4) is 0 Å². The highest BCUT2D eigenvalue weighted by Crippen LogP contribution is 2.32. The molecule has 0 saturated carbocycles. The Kier molecular flexibility index (Phi) is 3.28. The van der Waals surface area contributed by atoms with Crippen LogP contribution in [0.3, 0.4) is 0 Å². The Morgan fingerprint density at radius 1 is 1.27 bits per heavy atom. The summed E-state index contributed by atoms with van der Waals surface area (Å²) in [7, 11) is 0. The van der Waals surface area contributed by atoms with Gasteiger partial charge in [0.05, 0.1) is 11.3 Å². The van der Waals surface area contributed by atoms with Gasteiger partial charge in [-0.05, 0) is 11.6 Å². The highest BCUT2D eigenvalue weighted by Gasteiger charge is 2.35. The fourth-order valence-corrected chi connectivity index (χ4v) is 2.71. The number of carboxylic acid groups (broad SMARTS) is 1. The van der Waals surface area contributed by atoms with E-state index in [1.807, 2.05) is 0 Å². The Balaban J connectivity index is 1.95. The van der Waals surface area contributed by atoms with Crippen molar-refractivity contribution >= 4 is 29.5 Å². The second-order valence-electron chi connectivity index (χ2n) is 5.12. The average Bonchev–Trinajstić information content (AvgIpc) is 2.75. The zero-order valence-electron chi connectivity index (χ0n) is 11.5.